The van der Waals surface area contributed by atoms with Crippen LogP contribution in [0.3, 0.4) is 0 Å². The van der Waals surface area contributed by atoms with Gasteiger partial charge >= 0.3 is 0 Å². The second kappa shape index (κ2) is 9.36. The smallest absolute Gasteiger partial charge is 0.299 e. The van der Waals surface area contributed by atoms with E-state index in [1.54, 1.807) is 0 Å². The van der Waals surface area contributed by atoms with Gasteiger partial charge in [0.2, 0.25) is 5.91 Å². The van der Waals surface area contributed by atoms with Crippen molar-refractivity contribution in [3.05, 3.63) is 23.8 Å². The number of hydrogen-bond donors (Lipinski definition) is 1. The lowest BCUT2D eigenvalue weighted by Crippen LogP contribution is -2.60. The third-order valence-electron chi connectivity index (χ3n) is 8.40. The average molecular weight is 496 g/mol. The van der Waals surface area contributed by atoms with E-state index in [0.29, 0.717) is 47.9 Å². The molecule has 0 spiro atoms. The number of piperidine rings is 2. The Balaban J connectivity index is 1.34. The molecule has 4 atom stereocenters. The fourth-order valence-electron chi connectivity index (χ4n) is 6.57. The lowest BCUT2D eigenvalue weighted by molar-refractivity contribution is -0.140. The maximum absolute atomic E-state index is 13.4. The number of hydrogen-bond acceptors (Lipinski definition) is 6. The van der Waals surface area contributed by atoms with Crippen molar-refractivity contribution in [2.75, 3.05) is 25.0 Å². The predicted molar refractivity (Wildman–Crippen MR) is 141 cm³/mol. The third kappa shape index (κ3) is 4.60. The Morgan fingerprint density at radius 3 is 2.31 bits per heavy atom. The summed E-state index contributed by atoms with van der Waals surface area (Å²) in [6.07, 6.45) is 5.73. The van der Waals surface area contributed by atoms with Gasteiger partial charge in [0.25, 0.3) is 11.9 Å². The van der Waals surface area contributed by atoms with Gasteiger partial charge in [0.15, 0.2) is 5.58 Å². The summed E-state index contributed by atoms with van der Waals surface area (Å²) in [5, 5.41) is 3.31. The number of aromatic nitrogens is 1. The number of amides is 2. The average Bonchev–Trinajstić information content (AvgIpc) is 3.21. The van der Waals surface area contributed by atoms with Crippen LogP contribution < -0.4 is 10.2 Å². The summed E-state index contributed by atoms with van der Waals surface area (Å²) in [6.45, 7) is 11.3. The number of carbonyl (C=O) groups excluding carboxylic acids is 2. The van der Waals surface area contributed by atoms with E-state index in [4.69, 9.17) is 9.40 Å². The summed E-state index contributed by atoms with van der Waals surface area (Å²) in [6, 6.07) is 7.49. The molecule has 3 aliphatic rings. The number of nitrogens with one attached hydrogen (secondary N) is 1. The fourth-order valence-corrected chi connectivity index (χ4v) is 6.57. The number of rotatable bonds is 3. The first-order valence-electron chi connectivity index (χ1n) is 13.5. The molecule has 36 heavy (non-hydrogen) atoms. The Labute approximate surface area is 214 Å². The van der Waals surface area contributed by atoms with Crippen LogP contribution in [0.1, 0.15) is 77.1 Å². The molecule has 1 N–H and O–H groups in total. The Bertz CT molecular complexity index is 1110. The fraction of sp³-hybridized carbons (Fsp3) is 0.679. The molecule has 3 saturated heterocycles. The molecule has 0 radical (unpaired) electrons. The lowest BCUT2D eigenvalue weighted by Gasteiger charge is -2.47. The van der Waals surface area contributed by atoms with Crippen LogP contribution in [0.4, 0.5) is 6.01 Å². The van der Waals surface area contributed by atoms with E-state index >= 15 is 0 Å². The normalized spacial score (nSPS) is 29.4. The van der Waals surface area contributed by atoms with E-state index in [2.05, 4.69) is 36.0 Å². The van der Waals surface area contributed by atoms with Gasteiger partial charge in [-0.1, -0.05) is 33.3 Å². The van der Waals surface area contributed by atoms with Crippen molar-refractivity contribution in [3.8, 4) is 0 Å². The molecule has 2 aromatic rings. The molecule has 0 aliphatic carbocycles. The van der Waals surface area contributed by atoms with Crippen LogP contribution in [0.5, 0.6) is 0 Å². The number of nitrogens with zero attached hydrogens (tertiary/aromatic N) is 4. The van der Waals surface area contributed by atoms with Crippen LogP contribution in [0.2, 0.25) is 0 Å². The van der Waals surface area contributed by atoms with Crippen LogP contribution >= 0.6 is 0 Å². The van der Waals surface area contributed by atoms with Crippen LogP contribution in [-0.2, 0) is 4.79 Å². The highest BCUT2D eigenvalue weighted by Gasteiger charge is 2.39. The minimum Gasteiger partial charge on any atom is -0.423 e. The summed E-state index contributed by atoms with van der Waals surface area (Å²) >= 11 is 0. The largest absolute Gasteiger partial charge is 0.423 e. The Morgan fingerprint density at radius 2 is 1.69 bits per heavy atom. The van der Waals surface area contributed by atoms with Crippen LogP contribution in [-0.4, -0.2) is 76.9 Å². The number of piperazine rings is 1. The third-order valence-corrected chi connectivity index (χ3v) is 8.40. The molecule has 0 saturated carbocycles. The summed E-state index contributed by atoms with van der Waals surface area (Å²) in [5.41, 5.74) is 1.37. The molecular weight excluding hydrogens is 454 g/mol. The summed E-state index contributed by atoms with van der Waals surface area (Å²) in [4.78, 5) is 37.7. The predicted octanol–water partition coefficient (Wildman–Crippen LogP) is 4.04. The Hall–Kier alpha value is -2.61. The van der Waals surface area contributed by atoms with Gasteiger partial charge in [-0.15, -0.1) is 0 Å². The molecule has 1 aromatic heterocycles. The molecule has 196 valence electrons. The maximum Gasteiger partial charge on any atom is 0.299 e. The van der Waals surface area contributed by atoms with E-state index in [0.717, 1.165) is 12.8 Å². The molecular formula is C28H41N5O3. The Morgan fingerprint density at radius 1 is 1.06 bits per heavy atom. The van der Waals surface area contributed by atoms with E-state index in [9.17, 15) is 9.59 Å². The van der Waals surface area contributed by atoms with Crippen molar-refractivity contribution in [2.24, 2.45) is 5.41 Å². The topological polar surface area (TPSA) is 81.9 Å². The monoisotopic (exact) mass is 495 g/mol. The van der Waals surface area contributed by atoms with Gasteiger partial charge in [-0.05, 0) is 58.7 Å². The zero-order valence-corrected chi connectivity index (χ0v) is 22.6. The van der Waals surface area contributed by atoms with Crippen LogP contribution in [0, 0.1) is 5.41 Å². The molecule has 8 heteroatoms. The number of para-hydroxylation sites is 1. The molecule has 2 amide bonds. The molecule has 1 aromatic carbocycles. The Kier molecular flexibility index (Phi) is 6.52. The molecule has 8 nitrogen and oxygen atoms in total. The van der Waals surface area contributed by atoms with Crippen LogP contribution in [0.15, 0.2) is 22.6 Å². The van der Waals surface area contributed by atoms with E-state index in [1.807, 2.05) is 43.9 Å². The van der Waals surface area contributed by atoms with Gasteiger partial charge in [-0.2, -0.15) is 4.98 Å². The highest BCUT2D eigenvalue weighted by molar-refractivity contribution is 6.04. The number of oxazole rings is 1. The van der Waals surface area contributed by atoms with Gasteiger partial charge in [0, 0.05) is 48.7 Å². The zero-order valence-electron chi connectivity index (χ0n) is 22.6. The number of anilines is 1. The minimum atomic E-state index is -0.409. The summed E-state index contributed by atoms with van der Waals surface area (Å²) < 4.78 is 6.19. The summed E-state index contributed by atoms with van der Waals surface area (Å²) in [7, 11) is 2.23. The first kappa shape index (κ1) is 25.1. The second-order valence-corrected chi connectivity index (χ2v) is 12.3. The molecule has 2 unspecified atom stereocenters. The second-order valence-electron chi connectivity index (χ2n) is 12.3. The van der Waals surface area contributed by atoms with Crippen molar-refractivity contribution in [3.63, 3.8) is 0 Å². The summed E-state index contributed by atoms with van der Waals surface area (Å²) in [5.74, 6) is 0.0881. The van der Waals surface area contributed by atoms with Crippen molar-refractivity contribution in [1.29, 1.82) is 0 Å². The van der Waals surface area contributed by atoms with Crippen molar-refractivity contribution in [1.82, 2.24) is 20.1 Å². The quantitative estimate of drug-likeness (QED) is 0.692. The van der Waals surface area contributed by atoms with Gasteiger partial charge in [-0.25, -0.2) is 0 Å². The van der Waals surface area contributed by atoms with Gasteiger partial charge in [0.1, 0.15) is 5.52 Å². The van der Waals surface area contributed by atoms with Gasteiger partial charge in [0.05, 0.1) is 5.56 Å². The molecule has 2 bridgehead atoms. The molecule has 3 fully saturated rings. The number of carbonyl (C=O) groups is 2. The first-order chi connectivity index (χ1) is 17.0. The first-order valence-corrected chi connectivity index (χ1v) is 13.5. The van der Waals surface area contributed by atoms with E-state index in [1.165, 1.54) is 19.3 Å². The van der Waals surface area contributed by atoms with Crippen molar-refractivity contribution >= 4 is 28.9 Å². The highest BCUT2D eigenvalue weighted by atomic mass is 16.4. The maximum atomic E-state index is 13.4. The van der Waals surface area contributed by atoms with Crippen LogP contribution in [0.25, 0.3) is 11.1 Å². The lowest BCUT2D eigenvalue weighted by atomic mass is 9.82. The van der Waals surface area contributed by atoms with Gasteiger partial charge in [-0.3, -0.25) is 9.59 Å². The standard InChI is InChI=1S/C28H41N5O3/c1-17-15-32(26(35)28(3,4)5)16-18(2)33(17)27-30-24-22(11-8-12-23(24)36-27)25(34)29-19-13-20-9-7-10-21(14-19)31(20)6/h8,11-12,17-21H,7,9-10,13-16H2,1-6H3,(H,29,34)/t17-,18-,19?,20?,21?/m0/s1. The van der Waals surface area contributed by atoms with E-state index in [-0.39, 0.29) is 29.9 Å². The number of benzene rings is 1. The molecule has 3 aliphatic heterocycles. The highest BCUT2D eigenvalue weighted by Crippen LogP contribution is 2.34. The molecule has 5 rings (SSSR count). The van der Waals surface area contributed by atoms with E-state index < -0.39 is 5.41 Å². The number of fused-ring (bicyclic) bond motifs is 3. The minimum absolute atomic E-state index is 0.0454. The van der Waals surface area contributed by atoms with Crippen molar-refractivity contribution < 1.29 is 14.0 Å². The zero-order chi connectivity index (χ0) is 25.8. The SMILES string of the molecule is C[C@H]1CN(C(=O)C(C)(C)C)C[C@H](C)N1c1nc2c(C(=O)NC3CC4CCCC(C3)N4C)cccc2o1. The van der Waals surface area contributed by atoms with Gasteiger partial charge < -0.3 is 24.4 Å². The molecule has 4 heterocycles. The van der Waals surface area contributed by atoms with Crippen molar-refractivity contribution in [2.45, 2.75) is 96.9 Å².